The molecular formula is C22H16ClNO4. The van der Waals surface area contributed by atoms with Gasteiger partial charge in [-0.25, -0.2) is 0 Å². The van der Waals surface area contributed by atoms with Gasteiger partial charge in [0, 0.05) is 10.9 Å². The summed E-state index contributed by atoms with van der Waals surface area (Å²) >= 11 is 6.42. The number of hydrogen-bond acceptors (Lipinski definition) is 4. The maximum absolute atomic E-state index is 12.4. The van der Waals surface area contributed by atoms with Gasteiger partial charge in [0.05, 0.1) is 17.6 Å². The van der Waals surface area contributed by atoms with Crippen LogP contribution in [0.5, 0.6) is 23.0 Å². The number of fused-ring (bicyclic) bond motifs is 1. The van der Waals surface area contributed by atoms with Crippen LogP contribution in [-0.2, 0) is 0 Å². The van der Waals surface area contributed by atoms with Crippen molar-refractivity contribution in [2.75, 3.05) is 7.11 Å². The van der Waals surface area contributed by atoms with Gasteiger partial charge in [0.15, 0.2) is 5.75 Å². The molecule has 1 heterocycles. The first-order valence-corrected chi connectivity index (χ1v) is 8.90. The van der Waals surface area contributed by atoms with Gasteiger partial charge in [-0.3, -0.25) is 4.79 Å². The van der Waals surface area contributed by atoms with Gasteiger partial charge < -0.3 is 19.6 Å². The third-order valence-electron chi connectivity index (χ3n) is 4.40. The second-order valence-electron chi connectivity index (χ2n) is 6.15. The van der Waals surface area contributed by atoms with Gasteiger partial charge in [0.1, 0.15) is 11.5 Å². The van der Waals surface area contributed by atoms with Crippen LogP contribution in [0.15, 0.2) is 71.5 Å². The number of nitrogens with one attached hydrogen (secondary N) is 1. The monoisotopic (exact) mass is 393 g/mol. The molecular weight excluding hydrogens is 378 g/mol. The molecule has 5 nitrogen and oxygen atoms in total. The number of aromatic hydroxyl groups is 1. The highest BCUT2D eigenvalue weighted by Crippen LogP contribution is 2.38. The van der Waals surface area contributed by atoms with Crippen molar-refractivity contribution in [3.05, 3.63) is 82.1 Å². The van der Waals surface area contributed by atoms with E-state index in [4.69, 9.17) is 21.1 Å². The number of aromatic amines is 1. The molecule has 0 aliphatic heterocycles. The molecule has 0 saturated carbocycles. The molecule has 0 aliphatic carbocycles. The summed E-state index contributed by atoms with van der Waals surface area (Å²) in [5, 5.41) is 11.6. The molecule has 4 rings (SSSR count). The molecule has 0 radical (unpaired) electrons. The first kappa shape index (κ1) is 17.9. The highest BCUT2D eigenvalue weighted by atomic mass is 35.5. The Morgan fingerprint density at radius 2 is 1.68 bits per heavy atom. The molecule has 140 valence electrons. The number of para-hydroxylation sites is 1. The topological polar surface area (TPSA) is 71.5 Å². The average Bonchev–Trinajstić information content (AvgIpc) is 2.72. The third kappa shape index (κ3) is 3.28. The molecule has 4 aromatic rings. The number of H-pyrrole nitrogens is 1. The van der Waals surface area contributed by atoms with Gasteiger partial charge in [-0.2, -0.15) is 0 Å². The lowest BCUT2D eigenvalue weighted by atomic mass is 10.0. The number of halogens is 1. The fourth-order valence-electron chi connectivity index (χ4n) is 2.97. The largest absolute Gasteiger partial charge is 0.504 e. The number of benzene rings is 3. The number of rotatable bonds is 4. The van der Waals surface area contributed by atoms with Gasteiger partial charge in [0.2, 0.25) is 5.75 Å². The second kappa shape index (κ2) is 7.29. The highest BCUT2D eigenvalue weighted by molar-refractivity contribution is 6.34. The fourth-order valence-corrected chi connectivity index (χ4v) is 3.25. The summed E-state index contributed by atoms with van der Waals surface area (Å²) < 4.78 is 10.8. The van der Waals surface area contributed by atoms with Crippen LogP contribution >= 0.6 is 11.6 Å². The summed E-state index contributed by atoms with van der Waals surface area (Å²) in [6.07, 6.45) is 0. The molecule has 1 aromatic heterocycles. The van der Waals surface area contributed by atoms with Crippen LogP contribution in [0.3, 0.4) is 0 Å². The quantitative estimate of drug-likeness (QED) is 0.490. The van der Waals surface area contributed by atoms with Crippen LogP contribution in [0.2, 0.25) is 5.02 Å². The predicted octanol–water partition coefficient (Wildman–Crippen LogP) is 5.36. The lowest BCUT2D eigenvalue weighted by Gasteiger charge is -2.12. The third-order valence-corrected chi connectivity index (χ3v) is 4.71. The van der Waals surface area contributed by atoms with Crippen molar-refractivity contribution in [1.82, 2.24) is 4.98 Å². The zero-order chi connectivity index (χ0) is 19.7. The first-order chi connectivity index (χ1) is 13.6. The summed E-state index contributed by atoms with van der Waals surface area (Å²) in [6, 6.07) is 19.5. The van der Waals surface area contributed by atoms with Crippen LogP contribution in [-0.4, -0.2) is 17.2 Å². The second-order valence-corrected chi connectivity index (χ2v) is 6.56. The Balaban J connectivity index is 1.86. The van der Waals surface area contributed by atoms with Crippen molar-refractivity contribution in [3.63, 3.8) is 0 Å². The average molecular weight is 394 g/mol. The molecule has 0 amide bonds. The molecule has 0 aliphatic rings. The number of hydrogen-bond donors (Lipinski definition) is 2. The van der Waals surface area contributed by atoms with E-state index in [1.54, 1.807) is 43.5 Å². The van der Waals surface area contributed by atoms with Gasteiger partial charge in [0.25, 0.3) is 5.56 Å². The molecule has 0 unspecified atom stereocenters. The zero-order valence-electron chi connectivity index (χ0n) is 14.9. The lowest BCUT2D eigenvalue weighted by Crippen LogP contribution is -2.09. The van der Waals surface area contributed by atoms with Crippen molar-refractivity contribution < 1.29 is 14.6 Å². The Morgan fingerprint density at radius 3 is 2.36 bits per heavy atom. The van der Waals surface area contributed by atoms with E-state index in [1.165, 1.54) is 0 Å². The highest BCUT2D eigenvalue weighted by Gasteiger charge is 2.17. The minimum absolute atomic E-state index is 0.165. The molecule has 0 bridgehead atoms. The van der Waals surface area contributed by atoms with E-state index in [0.717, 1.165) is 11.3 Å². The van der Waals surface area contributed by atoms with Crippen molar-refractivity contribution in [3.8, 4) is 34.1 Å². The molecule has 0 fully saturated rings. The standard InChI is InChI=1S/C22H16ClNO4/c1-27-14-9-7-13(8-10-14)16-11-17-19(12-18(16)23)24-22(26)21(20(17)25)28-15-5-3-2-4-6-15/h2-12H,1H3,(H2,24,25,26). The van der Waals surface area contributed by atoms with E-state index >= 15 is 0 Å². The van der Waals surface area contributed by atoms with Crippen molar-refractivity contribution in [1.29, 1.82) is 0 Å². The maximum Gasteiger partial charge on any atom is 0.295 e. The van der Waals surface area contributed by atoms with Crippen molar-refractivity contribution >= 4 is 22.5 Å². The SMILES string of the molecule is COc1ccc(-c2cc3c(O)c(Oc4ccccc4)c(=O)[nH]c3cc2Cl)cc1. The number of methoxy groups -OCH3 is 1. The van der Waals surface area contributed by atoms with Crippen molar-refractivity contribution in [2.45, 2.75) is 0 Å². The van der Waals surface area contributed by atoms with E-state index in [-0.39, 0.29) is 11.5 Å². The minimum Gasteiger partial charge on any atom is -0.504 e. The van der Waals surface area contributed by atoms with Gasteiger partial charge in [-0.1, -0.05) is 41.9 Å². The van der Waals surface area contributed by atoms with E-state index in [2.05, 4.69) is 4.98 Å². The molecule has 6 heteroatoms. The van der Waals surface area contributed by atoms with Gasteiger partial charge in [-0.15, -0.1) is 0 Å². The van der Waals surface area contributed by atoms with E-state index in [1.807, 2.05) is 30.3 Å². The molecule has 2 N–H and O–H groups in total. The minimum atomic E-state index is -0.540. The normalized spacial score (nSPS) is 10.8. The summed E-state index contributed by atoms with van der Waals surface area (Å²) in [7, 11) is 1.60. The van der Waals surface area contributed by atoms with Gasteiger partial charge in [-0.05, 0) is 42.0 Å². The Bertz CT molecular complexity index is 1200. The van der Waals surface area contributed by atoms with Crippen LogP contribution < -0.4 is 15.0 Å². The Labute approximate surface area is 165 Å². The molecule has 3 aromatic carbocycles. The van der Waals surface area contributed by atoms with Gasteiger partial charge >= 0.3 is 0 Å². The lowest BCUT2D eigenvalue weighted by molar-refractivity contribution is 0.410. The van der Waals surface area contributed by atoms with Crippen LogP contribution in [0.25, 0.3) is 22.0 Å². The summed E-state index contributed by atoms with van der Waals surface area (Å²) in [5.74, 6) is 0.772. The Hall–Kier alpha value is -3.44. The van der Waals surface area contributed by atoms with Crippen LogP contribution in [0.1, 0.15) is 0 Å². The summed E-state index contributed by atoms with van der Waals surface area (Å²) in [6.45, 7) is 0. The van der Waals surface area contributed by atoms with Crippen LogP contribution in [0, 0.1) is 0 Å². The maximum atomic E-state index is 12.4. The number of ether oxygens (including phenoxy) is 2. The number of pyridine rings is 1. The summed E-state index contributed by atoms with van der Waals surface area (Å²) in [5.41, 5.74) is 1.45. The summed E-state index contributed by atoms with van der Waals surface area (Å²) in [4.78, 5) is 15.1. The van der Waals surface area contributed by atoms with E-state index in [9.17, 15) is 9.90 Å². The number of aromatic nitrogens is 1. The molecule has 0 atom stereocenters. The smallest absolute Gasteiger partial charge is 0.295 e. The van der Waals surface area contributed by atoms with Crippen LogP contribution in [0.4, 0.5) is 0 Å². The Kier molecular flexibility index (Phi) is 4.67. The molecule has 28 heavy (non-hydrogen) atoms. The molecule has 0 saturated heterocycles. The molecule has 0 spiro atoms. The van der Waals surface area contributed by atoms with E-state index in [0.29, 0.717) is 27.2 Å². The van der Waals surface area contributed by atoms with E-state index < -0.39 is 5.56 Å². The predicted molar refractivity (Wildman–Crippen MR) is 110 cm³/mol. The first-order valence-electron chi connectivity index (χ1n) is 8.52. The Morgan fingerprint density at radius 1 is 0.964 bits per heavy atom. The van der Waals surface area contributed by atoms with Crippen molar-refractivity contribution in [2.24, 2.45) is 0 Å². The fraction of sp³-hybridized carbons (Fsp3) is 0.0455. The zero-order valence-corrected chi connectivity index (χ0v) is 15.7.